The molecule has 308 valence electrons. The SMILES string of the molecule is C=CC(=N/C(=C\C)C(=O)NCc1ccc(CNC(=O)c2cccc(C(=O)NN)n2)cc1)C(=O)NN.CC.CC.CC.CC.CF.COOC1=C(C)C(=O)C1C. The van der Waals surface area contributed by atoms with E-state index in [-0.39, 0.29) is 47.6 Å². The molecule has 1 aliphatic carbocycles. The lowest BCUT2D eigenvalue weighted by Crippen LogP contribution is -2.36. The minimum atomic E-state index is -0.667. The minimum absolute atomic E-state index is 0.0293. The quantitative estimate of drug-likeness (QED) is 0.0396. The van der Waals surface area contributed by atoms with E-state index < -0.39 is 23.6 Å². The highest BCUT2D eigenvalue weighted by atomic mass is 19.1. The van der Waals surface area contributed by atoms with Crippen LogP contribution in [-0.2, 0) is 37.2 Å². The van der Waals surface area contributed by atoms with Crippen molar-refractivity contribution < 1.29 is 38.1 Å². The number of hydrogen-bond donors (Lipinski definition) is 6. The van der Waals surface area contributed by atoms with Crippen LogP contribution in [0.15, 0.2) is 83.2 Å². The average molecular weight is 775 g/mol. The van der Waals surface area contributed by atoms with Crippen molar-refractivity contribution in [2.75, 3.05) is 14.3 Å². The highest BCUT2D eigenvalue weighted by Gasteiger charge is 2.35. The monoisotopic (exact) mass is 774 g/mol. The van der Waals surface area contributed by atoms with Gasteiger partial charge < -0.3 is 15.5 Å². The molecule has 1 unspecified atom stereocenters. The third-order valence-corrected chi connectivity index (χ3v) is 6.28. The maximum Gasteiger partial charge on any atom is 0.283 e. The Hall–Kier alpha value is -5.58. The number of pyridine rings is 1. The third kappa shape index (κ3) is 20.5. The zero-order chi connectivity index (χ0) is 43.5. The first-order valence-electron chi connectivity index (χ1n) is 17.8. The van der Waals surface area contributed by atoms with Crippen LogP contribution in [0.5, 0.6) is 0 Å². The molecule has 1 aromatic carbocycles. The molecule has 0 bridgehead atoms. The summed E-state index contributed by atoms with van der Waals surface area (Å²) in [5.41, 5.74) is 6.24. The largest absolute Gasteiger partial charge is 0.347 e. The second-order valence-corrected chi connectivity index (χ2v) is 9.24. The van der Waals surface area contributed by atoms with Crippen LogP contribution in [0.4, 0.5) is 4.39 Å². The van der Waals surface area contributed by atoms with E-state index in [2.05, 4.69) is 32.1 Å². The van der Waals surface area contributed by atoms with Gasteiger partial charge in [0.1, 0.15) is 22.8 Å². The van der Waals surface area contributed by atoms with Gasteiger partial charge in [0, 0.05) is 18.7 Å². The molecule has 0 saturated heterocycles. The fourth-order valence-electron chi connectivity index (χ4n) is 3.76. The molecule has 16 heteroatoms. The first-order chi connectivity index (χ1) is 26.5. The maximum absolute atomic E-state index is 12.4. The van der Waals surface area contributed by atoms with E-state index in [1.165, 1.54) is 37.5 Å². The molecule has 0 spiro atoms. The summed E-state index contributed by atoms with van der Waals surface area (Å²) in [5.74, 6) is 8.67. The van der Waals surface area contributed by atoms with Gasteiger partial charge in [-0.3, -0.25) is 39.2 Å². The van der Waals surface area contributed by atoms with E-state index in [4.69, 9.17) is 16.6 Å². The molecule has 0 saturated carbocycles. The summed E-state index contributed by atoms with van der Waals surface area (Å²) < 4.78 is 9.50. The number of carbonyl (C=O) groups excluding carboxylic acids is 5. The molecule has 0 fully saturated rings. The molecule has 8 N–H and O–H groups in total. The van der Waals surface area contributed by atoms with Gasteiger partial charge >= 0.3 is 0 Å². The number of carbonyl (C=O) groups is 5. The topological polar surface area (TPSA) is 229 Å². The molecule has 2 aromatic rings. The number of ketones is 1. The maximum atomic E-state index is 12.4. The van der Waals surface area contributed by atoms with E-state index >= 15 is 0 Å². The van der Waals surface area contributed by atoms with E-state index in [1.54, 1.807) is 45.0 Å². The third-order valence-electron chi connectivity index (χ3n) is 6.28. The average Bonchev–Trinajstić information content (AvgIpc) is 3.27. The number of aromatic nitrogens is 1. The second kappa shape index (κ2) is 35.4. The molecule has 0 aliphatic heterocycles. The van der Waals surface area contributed by atoms with Crippen LogP contribution in [0, 0.1) is 5.92 Å². The lowest BCUT2D eigenvalue weighted by atomic mass is 9.85. The number of benzene rings is 1. The molecule has 1 atom stereocenters. The molecular weight excluding hydrogens is 711 g/mol. The van der Waals surface area contributed by atoms with Crippen LogP contribution in [-0.4, -0.2) is 54.4 Å². The number of nitrogens with one attached hydrogen (secondary N) is 4. The molecule has 1 heterocycles. The van der Waals surface area contributed by atoms with Gasteiger partial charge in [0.15, 0.2) is 11.5 Å². The van der Waals surface area contributed by atoms with Gasteiger partial charge in [-0.1, -0.05) is 98.4 Å². The fraction of sp³-hybridized carbons (Fsp3) is 0.410. The highest BCUT2D eigenvalue weighted by Crippen LogP contribution is 2.30. The molecule has 1 aliphatic rings. The number of alkyl halides is 1. The van der Waals surface area contributed by atoms with Crippen LogP contribution >= 0.6 is 0 Å². The second-order valence-electron chi connectivity index (χ2n) is 9.24. The number of aliphatic imine (C=N–C) groups is 1. The number of hydrogen-bond acceptors (Lipinski definition) is 11. The Bertz CT molecular complexity index is 1540. The minimum Gasteiger partial charge on any atom is -0.347 e. The predicted molar refractivity (Wildman–Crippen MR) is 216 cm³/mol. The van der Waals surface area contributed by atoms with Crippen LogP contribution in [0.3, 0.4) is 0 Å². The van der Waals surface area contributed by atoms with Crippen molar-refractivity contribution in [2.24, 2.45) is 22.6 Å². The first-order valence-corrected chi connectivity index (χ1v) is 17.8. The van der Waals surface area contributed by atoms with Crippen LogP contribution in [0.2, 0.25) is 0 Å². The molecule has 1 aromatic heterocycles. The number of nitrogens with two attached hydrogens (primary N) is 2. The number of allylic oxidation sites excluding steroid dienone is 3. The normalized spacial score (nSPS) is 12.2. The number of amides is 4. The van der Waals surface area contributed by atoms with Crippen LogP contribution < -0.4 is 33.2 Å². The van der Waals surface area contributed by atoms with Crippen molar-refractivity contribution in [1.29, 1.82) is 0 Å². The smallest absolute Gasteiger partial charge is 0.283 e. The van der Waals surface area contributed by atoms with Crippen LogP contribution in [0.1, 0.15) is 108 Å². The highest BCUT2D eigenvalue weighted by molar-refractivity contribution is 6.43. The Balaban J connectivity index is -0.000000540. The Morgan fingerprint density at radius 1 is 0.836 bits per heavy atom. The van der Waals surface area contributed by atoms with Gasteiger partial charge in [0.2, 0.25) is 0 Å². The van der Waals surface area contributed by atoms with Gasteiger partial charge in [-0.05, 0) is 50.1 Å². The van der Waals surface area contributed by atoms with E-state index in [0.717, 1.165) is 11.1 Å². The number of halogens is 1. The Kier molecular flexibility index (Phi) is 36.2. The van der Waals surface area contributed by atoms with Crippen molar-refractivity contribution in [3.8, 4) is 0 Å². The van der Waals surface area contributed by atoms with Gasteiger partial charge in [0.25, 0.3) is 23.6 Å². The summed E-state index contributed by atoms with van der Waals surface area (Å²) in [7, 11) is 1.93. The van der Waals surface area contributed by atoms with E-state index in [0.29, 0.717) is 18.5 Å². The Morgan fingerprint density at radius 3 is 1.71 bits per heavy atom. The summed E-state index contributed by atoms with van der Waals surface area (Å²) >= 11 is 0. The zero-order valence-electron chi connectivity index (χ0n) is 34.7. The number of Topliss-reactive ketones (excluding diaryl/α,β-unsaturated/α-hetero) is 1. The lowest BCUT2D eigenvalue weighted by molar-refractivity contribution is -0.247. The van der Waals surface area contributed by atoms with Gasteiger partial charge in [-0.2, -0.15) is 4.89 Å². The van der Waals surface area contributed by atoms with Crippen molar-refractivity contribution in [3.05, 3.63) is 101 Å². The molecule has 4 amide bonds. The number of nitrogen functional groups attached to an aromatic ring is 1. The van der Waals surface area contributed by atoms with Crippen molar-refractivity contribution in [3.63, 3.8) is 0 Å². The summed E-state index contributed by atoms with van der Waals surface area (Å²) in [6.07, 6.45) is 2.65. The zero-order valence-corrected chi connectivity index (χ0v) is 34.7. The lowest BCUT2D eigenvalue weighted by Gasteiger charge is -2.24. The first kappa shape index (κ1) is 56.2. The predicted octanol–water partition coefficient (Wildman–Crippen LogP) is 5.50. The Morgan fingerprint density at radius 2 is 1.31 bits per heavy atom. The molecule has 3 rings (SSSR count). The van der Waals surface area contributed by atoms with Gasteiger partial charge in [-0.25, -0.2) is 21.7 Å². The number of rotatable bonds is 12. The summed E-state index contributed by atoms with van der Waals surface area (Å²) in [5, 5.41) is 5.44. The standard InChI is InChI=1S/C23H26N8O4.C7H10O3.4C2H6.CH3F/c1-3-16(28-17(4-2)22(34)30-24)20(32)26-12-14-8-10-15(11-9-14)13-27-21(33)18-6-5-7-19(29-18)23(35)31-25;1-4-6(8)5(2)7(4)10-9-3;5*1-2/h3-11H,2,12-13,24-25H2,1H3,(H,26,32)(H,27,33)(H,30,34)(H,31,35);4H,1-3H3;4*1-2H3;1H3/b16-3-,28-17?;;;;;;. The summed E-state index contributed by atoms with van der Waals surface area (Å²) in [6.45, 7) is 25.1. The fourth-order valence-corrected chi connectivity index (χ4v) is 3.76. The Labute approximate surface area is 326 Å². The van der Waals surface area contributed by atoms with E-state index in [1.807, 2.05) is 66.2 Å². The van der Waals surface area contributed by atoms with Gasteiger partial charge in [-0.15, -0.1) is 0 Å². The van der Waals surface area contributed by atoms with Crippen molar-refractivity contribution in [2.45, 2.75) is 89.3 Å². The van der Waals surface area contributed by atoms with E-state index in [9.17, 15) is 28.4 Å². The summed E-state index contributed by atoms with van der Waals surface area (Å²) in [4.78, 5) is 75.9. The molecule has 0 radical (unpaired) electrons. The number of hydrazine groups is 2. The van der Waals surface area contributed by atoms with Crippen LogP contribution in [0.25, 0.3) is 0 Å². The van der Waals surface area contributed by atoms with Crippen molar-refractivity contribution in [1.82, 2.24) is 26.5 Å². The molecule has 15 nitrogen and oxygen atoms in total. The van der Waals surface area contributed by atoms with Gasteiger partial charge in [0.05, 0.1) is 20.2 Å². The number of nitrogens with zero attached hydrogens (tertiary/aromatic N) is 2. The molecule has 55 heavy (non-hydrogen) atoms. The molecular formula is C39H63FN8O7. The van der Waals surface area contributed by atoms with Crippen molar-refractivity contribution >= 4 is 35.1 Å². The summed E-state index contributed by atoms with van der Waals surface area (Å²) in [6, 6.07) is 11.6.